The molecule has 1 aromatic carbocycles. The Kier molecular flexibility index (Phi) is 4.49. The van der Waals surface area contributed by atoms with Crippen LogP contribution in [0.2, 0.25) is 0 Å². The van der Waals surface area contributed by atoms with Crippen molar-refractivity contribution in [3.8, 4) is 0 Å². The lowest BCUT2D eigenvalue weighted by Gasteiger charge is -2.03. The molecule has 0 amide bonds. The summed E-state index contributed by atoms with van der Waals surface area (Å²) in [4.78, 5) is 20.4. The van der Waals surface area contributed by atoms with Gasteiger partial charge in [-0.1, -0.05) is 45.9 Å². The van der Waals surface area contributed by atoms with Crippen LogP contribution < -0.4 is 0 Å². The fourth-order valence-electron chi connectivity index (χ4n) is 1.39. The number of halogens is 1. The zero-order valence-corrected chi connectivity index (χ0v) is 12.2. The number of benzene rings is 1. The molecule has 0 aliphatic rings. The average molecular weight is 323 g/mol. The fraction of sp³-hybridized carbons (Fsp3) is 0.154. The molecule has 92 valence electrons. The van der Waals surface area contributed by atoms with Gasteiger partial charge in [0.25, 0.3) is 0 Å². The number of carbonyl (C=O) groups excluding carboxylic acids is 1. The largest absolute Gasteiger partial charge is 0.293 e. The minimum Gasteiger partial charge on any atom is -0.293 e. The van der Waals surface area contributed by atoms with Crippen LogP contribution in [-0.2, 0) is 0 Å². The zero-order chi connectivity index (χ0) is 13.0. The molecule has 0 unspecified atom stereocenters. The van der Waals surface area contributed by atoms with E-state index in [4.69, 9.17) is 0 Å². The van der Waals surface area contributed by atoms with Crippen molar-refractivity contribution in [3.05, 3.63) is 52.3 Å². The molecule has 0 N–H and O–H groups in total. The van der Waals surface area contributed by atoms with Crippen molar-refractivity contribution in [1.82, 2.24) is 9.97 Å². The number of aryl methyl sites for hydroxylation is 1. The summed E-state index contributed by atoms with van der Waals surface area (Å²) in [5.41, 5.74) is 1.60. The van der Waals surface area contributed by atoms with Gasteiger partial charge in [-0.25, -0.2) is 9.97 Å². The van der Waals surface area contributed by atoms with E-state index in [2.05, 4.69) is 25.9 Å². The minimum atomic E-state index is 0.0672. The van der Waals surface area contributed by atoms with E-state index in [-0.39, 0.29) is 5.78 Å². The lowest BCUT2D eigenvalue weighted by atomic mass is 10.1. The highest BCUT2D eigenvalue weighted by Crippen LogP contribution is 2.20. The van der Waals surface area contributed by atoms with Crippen molar-refractivity contribution in [2.75, 3.05) is 5.75 Å². The molecule has 0 spiro atoms. The molecule has 0 aliphatic heterocycles. The maximum Gasteiger partial charge on any atom is 0.188 e. The van der Waals surface area contributed by atoms with Gasteiger partial charge in [0, 0.05) is 21.9 Å². The van der Waals surface area contributed by atoms with Crippen LogP contribution >= 0.6 is 27.7 Å². The molecule has 1 aromatic heterocycles. The van der Waals surface area contributed by atoms with Gasteiger partial charge in [-0.2, -0.15) is 0 Å². The number of hydrogen-bond donors (Lipinski definition) is 0. The summed E-state index contributed by atoms with van der Waals surface area (Å²) in [7, 11) is 0. The first-order valence-electron chi connectivity index (χ1n) is 5.37. The van der Waals surface area contributed by atoms with Crippen molar-refractivity contribution in [3.63, 3.8) is 0 Å². The molecule has 0 saturated heterocycles. The van der Waals surface area contributed by atoms with Crippen LogP contribution in [0.15, 0.2) is 46.2 Å². The maximum atomic E-state index is 12.0. The number of nitrogens with zero attached hydrogens (tertiary/aromatic N) is 2. The highest BCUT2D eigenvalue weighted by atomic mass is 79.9. The SMILES string of the molecule is Cc1ccnc(SCC(=O)c2ccccc2Br)n1. The van der Waals surface area contributed by atoms with E-state index < -0.39 is 0 Å². The Labute approximate surface area is 118 Å². The number of Topliss-reactive ketones (excluding diaryl/α,β-unsaturated/α-hetero) is 1. The lowest BCUT2D eigenvalue weighted by Crippen LogP contribution is -2.04. The number of ketones is 1. The summed E-state index contributed by atoms with van der Waals surface area (Å²) in [6, 6.07) is 9.24. The second-order valence-electron chi connectivity index (χ2n) is 3.67. The van der Waals surface area contributed by atoms with Gasteiger partial charge >= 0.3 is 0 Å². The molecule has 1 heterocycles. The molecule has 2 aromatic rings. The van der Waals surface area contributed by atoms with E-state index in [1.165, 1.54) is 11.8 Å². The van der Waals surface area contributed by atoms with Gasteiger partial charge in [0.1, 0.15) is 0 Å². The van der Waals surface area contributed by atoms with E-state index in [1.54, 1.807) is 6.20 Å². The zero-order valence-electron chi connectivity index (χ0n) is 9.76. The molecule has 2 rings (SSSR count). The maximum absolute atomic E-state index is 12.0. The average Bonchev–Trinajstić information content (AvgIpc) is 2.37. The summed E-state index contributed by atoms with van der Waals surface area (Å²) in [5, 5.41) is 0.635. The quantitative estimate of drug-likeness (QED) is 0.490. The highest BCUT2D eigenvalue weighted by molar-refractivity contribution is 9.10. The summed E-state index contributed by atoms with van der Waals surface area (Å²) in [6.45, 7) is 1.90. The normalized spacial score (nSPS) is 10.3. The Morgan fingerprint density at radius 1 is 1.33 bits per heavy atom. The van der Waals surface area contributed by atoms with E-state index >= 15 is 0 Å². The highest BCUT2D eigenvalue weighted by Gasteiger charge is 2.10. The van der Waals surface area contributed by atoms with E-state index in [0.29, 0.717) is 16.5 Å². The number of rotatable bonds is 4. The molecule has 5 heteroatoms. The molecule has 0 fully saturated rings. The van der Waals surface area contributed by atoms with Gasteiger partial charge in [0.05, 0.1) is 5.75 Å². The predicted octanol–water partition coefficient (Wildman–Crippen LogP) is 3.52. The fourth-order valence-corrected chi connectivity index (χ4v) is 2.66. The number of thioether (sulfide) groups is 1. The lowest BCUT2D eigenvalue weighted by molar-refractivity contribution is 0.102. The molecule has 0 bridgehead atoms. The monoisotopic (exact) mass is 322 g/mol. The minimum absolute atomic E-state index is 0.0672. The van der Waals surface area contributed by atoms with Crippen molar-refractivity contribution >= 4 is 33.5 Å². The van der Waals surface area contributed by atoms with Crippen molar-refractivity contribution in [2.45, 2.75) is 12.1 Å². The van der Waals surface area contributed by atoms with Gasteiger partial charge < -0.3 is 0 Å². The standard InChI is InChI=1S/C13H11BrN2OS/c1-9-6-7-15-13(16-9)18-8-12(17)10-4-2-3-5-11(10)14/h2-7H,8H2,1H3. The third-order valence-electron chi connectivity index (χ3n) is 2.28. The van der Waals surface area contributed by atoms with Crippen LogP contribution in [0, 0.1) is 6.92 Å². The first-order valence-corrected chi connectivity index (χ1v) is 7.15. The smallest absolute Gasteiger partial charge is 0.188 e. The van der Waals surface area contributed by atoms with Crippen LogP contribution in [-0.4, -0.2) is 21.5 Å². The molecule has 0 saturated carbocycles. The molecular weight excluding hydrogens is 312 g/mol. The van der Waals surface area contributed by atoms with E-state index in [0.717, 1.165) is 10.2 Å². The van der Waals surface area contributed by atoms with Crippen LogP contribution in [0.25, 0.3) is 0 Å². The Bertz CT molecular complexity index is 574. The third kappa shape index (κ3) is 3.40. The summed E-state index contributed by atoms with van der Waals surface area (Å²) >= 11 is 4.73. The van der Waals surface area contributed by atoms with E-state index in [1.807, 2.05) is 37.3 Å². The Hall–Kier alpha value is -1.20. The predicted molar refractivity (Wildman–Crippen MR) is 76.0 cm³/mol. The van der Waals surface area contributed by atoms with Crippen LogP contribution in [0.3, 0.4) is 0 Å². The van der Waals surface area contributed by atoms with Crippen LogP contribution in [0.4, 0.5) is 0 Å². The van der Waals surface area contributed by atoms with Gasteiger partial charge in [0.2, 0.25) is 0 Å². The number of hydrogen-bond acceptors (Lipinski definition) is 4. The molecule has 0 aliphatic carbocycles. The van der Waals surface area contributed by atoms with Gasteiger partial charge in [-0.3, -0.25) is 4.79 Å². The summed E-state index contributed by atoms with van der Waals surface area (Å²) < 4.78 is 0.820. The van der Waals surface area contributed by atoms with Gasteiger partial charge in [0.15, 0.2) is 10.9 Å². The molecule has 18 heavy (non-hydrogen) atoms. The van der Waals surface area contributed by atoms with Gasteiger partial charge in [-0.05, 0) is 19.1 Å². The van der Waals surface area contributed by atoms with Crippen molar-refractivity contribution in [2.24, 2.45) is 0 Å². The Balaban J connectivity index is 2.03. The number of aromatic nitrogens is 2. The van der Waals surface area contributed by atoms with Crippen LogP contribution in [0.5, 0.6) is 0 Å². The van der Waals surface area contributed by atoms with Crippen molar-refractivity contribution < 1.29 is 4.79 Å². The van der Waals surface area contributed by atoms with Crippen LogP contribution in [0.1, 0.15) is 16.1 Å². The first kappa shape index (κ1) is 13.2. The Morgan fingerprint density at radius 3 is 2.83 bits per heavy atom. The second-order valence-corrected chi connectivity index (χ2v) is 5.47. The Morgan fingerprint density at radius 2 is 2.11 bits per heavy atom. The van der Waals surface area contributed by atoms with Gasteiger partial charge in [-0.15, -0.1) is 0 Å². The molecule has 0 radical (unpaired) electrons. The third-order valence-corrected chi connectivity index (χ3v) is 3.83. The number of carbonyl (C=O) groups is 1. The molecular formula is C13H11BrN2OS. The first-order chi connectivity index (χ1) is 8.66. The second kappa shape index (κ2) is 6.11. The summed E-state index contributed by atoms with van der Waals surface area (Å²) in [6.07, 6.45) is 1.70. The van der Waals surface area contributed by atoms with E-state index in [9.17, 15) is 4.79 Å². The molecule has 3 nitrogen and oxygen atoms in total. The topological polar surface area (TPSA) is 42.9 Å². The van der Waals surface area contributed by atoms with Crippen molar-refractivity contribution in [1.29, 1.82) is 0 Å². The summed E-state index contributed by atoms with van der Waals surface area (Å²) in [5.74, 6) is 0.407. The molecule has 0 atom stereocenters.